The van der Waals surface area contributed by atoms with Crippen LogP contribution in [0.1, 0.15) is 27.8 Å². The van der Waals surface area contributed by atoms with Crippen LogP contribution in [0.3, 0.4) is 0 Å². The van der Waals surface area contributed by atoms with Gasteiger partial charge >= 0.3 is 10.1 Å². The van der Waals surface area contributed by atoms with E-state index in [-0.39, 0.29) is 4.90 Å². The maximum Gasteiger partial charge on any atom is 0.339 e. The van der Waals surface area contributed by atoms with E-state index in [0.717, 1.165) is 16.7 Å². The molecule has 0 aliphatic rings. The Morgan fingerprint density at radius 3 is 2.05 bits per heavy atom. The predicted molar refractivity (Wildman–Crippen MR) is 84.4 cm³/mol. The van der Waals surface area contributed by atoms with Crippen molar-refractivity contribution in [2.24, 2.45) is 0 Å². The second-order valence-corrected chi connectivity index (χ2v) is 6.87. The third kappa shape index (κ3) is 3.12. The molecule has 0 fully saturated rings. The zero-order chi connectivity index (χ0) is 16.5. The van der Waals surface area contributed by atoms with Crippen LogP contribution in [-0.4, -0.2) is 8.42 Å². The van der Waals surface area contributed by atoms with Crippen LogP contribution < -0.4 is 4.18 Å². The molecule has 0 aliphatic heterocycles. The monoisotopic (exact) mass is 315 g/mol. The van der Waals surface area contributed by atoms with Crippen LogP contribution in [0.5, 0.6) is 5.75 Å². The number of rotatable bonds is 3. The van der Waals surface area contributed by atoms with Crippen molar-refractivity contribution in [3.63, 3.8) is 0 Å². The molecule has 0 saturated carbocycles. The summed E-state index contributed by atoms with van der Waals surface area (Å²) in [5.41, 5.74) is 3.50. The van der Waals surface area contributed by atoms with Gasteiger partial charge in [0.15, 0.2) is 0 Å². The molecule has 5 heteroatoms. The van der Waals surface area contributed by atoms with Gasteiger partial charge in [0.25, 0.3) is 0 Å². The van der Waals surface area contributed by atoms with E-state index in [0.29, 0.717) is 16.9 Å². The second-order valence-electron chi connectivity index (χ2n) is 5.36. The summed E-state index contributed by atoms with van der Waals surface area (Å²) in [6, 6.07) is 10.1. The summed E-state index contributed by atoms with van der Waals surface area (Å²) in [7, 11) is -3.94. The van der Waals surface area contributed by atoms with Crippen LogP contribution in [-0.2, 0) is 10.1 Å². The highest BCUT2D eigenvalue weighted by Crippen LogP contribution is 2.29. The smallest absolute Gasteiger partial charge is 0.339 e. The SMILES string of the molecule is Cc1cc(C)c(OS(=O)(=O)c2ccc(C#N)cc2C)c(C)c1. The Labute approximate surface area is 131 Å². The molecule has 0 heterocycles. The van der Waals surface area contributed by atoms with Gasteiger partial charge < -0.3 is 4.18 Å². The molecule has 114 valence electrons. The van der Waals surface area contributed by atoms with Crippen molar-refractivity contribution >= 4 is 10.1 Å². The summed E-state index contributed by atoms with van der Waals surface area (Å²) in [4.78, 5) is 0.0749. The Kier molecular flexibility index (Phi) is 4.25. The highest BCUT2D eigenvalue weighted by atomic mass is 32.2. The topological polar surface area (TPSA) is 67.2 Å². The zero-order valence-electron chi connectivity index (χ0n) is 13.0. The first kappa shape index (κ1) is 16.1. The summed E-state index contributed by atoms with van der Waals surface area (Å²) in [6.45, 7) is 7.22. The van der Waals surface area contributed by atoms with Gasteiger partial charge in [-0.15, -0.1) is 0 Å². The van der Waals surface area contributed by atoms with Crippen LogP contribution in [0.25, 0.3) is 0 Å². The minimum Gasteiger partial charge on any atom is -0.378 e. The van der Waals surface area contributed by atoms with Crippen molar-refractivity contribution in [2.45, 2.75) is 32.6 Å². The van der Waals surface area contributed by atoms with Crippen molar-refractivity contribution in [2.75, 3.05) is 0 Å². The van der Waals surface area contributed by atoms with Crippen LogP contribution in [0, 0.1) is 39.0 Å². The van der Waals surface area contributed by atoms with E-state index in [1.807, 2.05) is 39.0 Å². The number of benzene rings is 2. The summed E-state index contributed by atoms with van der Waals surface area (Å²) < 4.78 is 30.4. The fourth-order valence-corrected chi connectivity index (χ4v) is 3.71. The lowest BCUT2D eigenvalue weighted by Crippen LogP contribution is -2.13. The Balaban J connectivity index is 2.48. The standard InChI is InChI=1S/C17H17NO3S/c1-11-7-13(3)17(14(4)8-11)21-22(19,20)16-6-5-15(10-18)9-12(16)2/h5-9H,1-4H3. The Morgan fingerprint density at radius 2 is 1.55 bits per heavy atom. The van der Waals surface area contributed by atoms with E-state index in [2.05, 4.69) is 0 Å². The normalized spacial score (nSPS) is 11.0. The predicted octanol–water partition coefficient (Wildman–Crippen LogP) is 3.56. The molecule has 0 bridgehead atoms. The maximum absolute atomic E-state index is 12.5. The highest BCUT2D eigenvalue weighted by molar-refractivity contribution is 7.87. The van der Waals surface area contributed by atoms with Gasteiger partial charge in [-0.1, -0.05) is 17.7 Å². The van der Waals surface area contributed by atoms with Crippen molar-refractivity contribution in [1.29, 1.82) is 5.26 Å². The molecule has 22 heavy (non-hydrogen) atoms. The molecule has 0 aliphatic carbocycles. The molecule has 0 N–H and O–H groups in total. The summed E-state index contributed by atoms with van der Waals surface area (Å²) in [5, 5.41) is 8.86. The van der Waals surface area contributed by atoms with Gasteiger partial charge in [-0.05, 0) is 62.6 Å². The van der Waals surface area contributed by atoms with Crippen molar-refractivity contribution in [3.8, 4) is 11.8 Å². The lowest BCUT2D eigenvalue weighted by atomic mass is 10.1. The van der Waals surface area contributed by atoms with E-state index >= 15 is 0 Å². The van der Waals surface area contributed by atoms with E-state index in [4.69, 9.17) is 9.44 Å². The summed E-state index contributed by atoms with van der Waals surface area (Å²) in [5.74, 6) is 0.356. The Morgan fingerprint density at radius 1 is 0.955 bits per heavy atom. The van der Waals surface area contributed by atoms with Gasteiger partial charge in [-0.25, -0.2) is 0 Å². The quantitative estimate of drug-likeness (QED) is 0.812. The number of hydrogen-bond acceptors (Lipinski definition) is 4. The molecule has 0 saturated heterocycles. The van der Waals surface area contributed by atoms with Gasteiger partial charge in [0.05, 0.1) is 11.6 Å². The molecule has 4 nitrogen and oxygen atoms in total. The van der Waals surface area contributed by atoms with Crippen molar-refractivity contribution in [1.82, 2.24) is 0 Å². The molecule has 0 amide bonds. The average molecular weight is 315 g/mol. The molecule has 2 aromatic carbocycles. The van der Waals surface area contributed by atoms with Crippen LogP contribution in [0.4, 0.5) is 0 Å². The number of hydrogen-bond donors (Lipinski definition) is 0. The molecule has 2 rings (SSSR count). The zero-order valence-corrected chi connectivity index (χ0v) is 13.8. The van der Waals surface area contributed by atoms with Crippen molar-refractivity contribution < 1.29 is 12.6 Å². The van der Waals surface area contributed by atoms with E-state index in [9.17, 15) is 8.42 Å². The van der Waals surface area contributed by atoms with E-state index in [1.165, 1.54) is 18.2 Å². The fraction of sp³-hybridized carbons (Fsp3) is 0.235. The lowest BCUT2D eigenvalue weighted by Gasteiger charge is -2.14. The maximum atomic E-state index is 12.5. The van der Waals surface area contributed by atoms with Crippen LogP contribution in [0.15, 0.2) is 35.2 Å². The molecule has 0 atom stereocenters. The summed E-state index contributed by atoms with van der Waals surface area (Å²) in [6.07, 6.45) is 0. The van der Waals surface area contributed by atoms with Gasteiger partial charge in [-0.3, -0.25) is 0 Å². The Hall–Kier alpha value is -2.32. The molecule has 0 aromatic heterocycles. The molecular weight excluding hydrogens is 298 g/mol. The van der Waals surface area contributed by atoms with E-state index < -0.39 is 10.1 Å². The average Bonchev–Trinajstić information content (AvgIpc) is 2.42. The summed E-state index contributed by atoms with van der Waals surface area (Å²) >= 11 is 0. The third-order valence-electron chi connectivity index (χ3n) is 3.37. The van der Waals surface area contributed by atoms with Crippen LogP contribution >= 0.6 is 0 Å². The molecule has 0 unspecified atom stereocenters. The second kappa shape index (κ2) is 5.82. The molecule has 2 aromatic rings. The molecular formula is C17H17NO3S. The highest BCUT2D eigenvalue weighted by Gasteiger charge is 2.21. The van der Waals surface area contributed by atoms with Gasteiger partial charge in [-0.2, -0.15) is 13.7 Å². The van der Waals surface area contributed by atoms with Crippen molar-refractivity contribution in [3.05, 3.63) is 58.1 Å². The first-order chi connectivity index (χ1) is 10.2. The van der Waals surface area contributed by atoms with Gasteiger partial charge in [0, 0.05) is 0 Å². The molecule has 0 radical (unpaired) electrons. The fourth-order valence-electron chi connectivity index (χ4n) is 2.45. The number of aryl methyl sites for hydroxylation is 4. The lowest BCUT2D eigenvalue weighted by molar-refractivity contribution is 0.481. The van der Waals surface area contributed by atoms with E-state index in [1.54, 1.807) is 6.92 Å². The number of nitriles is 1. The molecule has 0 spiro atoms. The van der Waals surface area contributed by atoms with Gasteiger partial charge in [0.1, 0.15) is 10.6 Å². The minimum absolute atomic E-state index is 0.0749. The third-order valence-corrected chi connectivity index (χ3v) is 4.75. The largest absolute Gasteiger partial charge is 0.378 e. The van der Waals surface area contributed by atoms with Crippen LogP contribution in [0.2, 0.25) is 0 Å². The number of nitrogens with zero attached hydrogens (tertiary/aromatic N) is 1. The minimum atomic E-state index is -3.94. The first-order valence-corrected chi connectivity index (χ1v) is 8.18. The van der Waals surface area contributed by atoms with Gasteiger partial charge in [0.2, 0.25) is 0 Å². The Bertz CT molecular complexity index is 854. The first-order valence-electron chi connectivity index (χ1n) is 6.77.